The lowest BCUT2D eigenvalue weighted by atomic mass is 9.98. The third kappa shape index (κ3) is 3.25. The molecule has 1 fully saturated rings. The Morgan fingerprint density at radius 3 is 2.79 bits per heavy atom. The molecule has 106 valence electrons. The number of likely N-dealkylation sites (N-methyl/N-ethyl adjacent to an activating group) is 1. The Balaban J connectivity index is 2.23. The van der Waals surface area contributed by atoms with Gasteiger partial charge in [0.05, 0.1) is 25.4 Å². The largest absolute Gasteiger partial charge is 0.497 e. The second kappa shape index (κ2) is 6.35. The van der Waals surface area contributed by atoms with E-state index in [2.05, 4.69) is 12.2 Å². The normalized spacial score (nSPS) is 24.4. The maximum atomic E-state index is 14.2. The van der Waals surface area contributed by atoms with Crippen molar-refractivity contribution in [2.24, 2.45) is 0 Å². The molecule has 1 aromatic carbocycles. The van der Waals surface area contributed by atoms with Crippen molar-refractivity contribution in [1.29, 1.82) is 0 Å². The number of rotatable bonds is 5. The first-order chi connectivity index (χ1) is 9.15. The van der Waals surface area contributed by atoms with E-state index in [1.165, 1.54) is 13.2 Å². The zero-order chi connectivity index (χ0) is 13.8. The van der Waals surface area contributed by atoms with Gasteiger partial charge in [0.2, 0.25) is 0 Å². The predicted molar refractivity (Wildman–Crippen MR) is 72.9 cm³/mol. The van der Waals surface area contributed by atoms with Gasteiger partial charge in [0.15, 0.2) is 0 Å². The molecule has 3 unspecified atom stereocenters. The van der Waals surface area contributed by atoms with Crippen LogP contribution in [0.1, 0.15) is 38.3 Å². The lowest BCUT2D eigenvalue weighted by molar-refractivity contribution is 0.0311. The Morgan fingerprint density at radius 2 is 2.26 bits per heavy atom. The van der Waals surface area contributed by atoms with E-state index in [0.717, 1.165) is 19.4 Å². The van der Waals surface area contributed by atoms with Crippen molar-refractivity contribution in [2.75, 3.05) is 13.7 Å². The molecule has 0 amide bonds. The molecule has 1 aromatic rings. The highest BCUT2D eigenvalue weighted by Gasteiger charge is 2.31. The average molecular weight is 267 g/mol. The highest BCUT2D eigenvalue weighted by molar-refractivity contribution is 5.31. The number of methoxy groups -OCH3 is 1. The van der Waals surface area contributed by atoms with Crippen LogP contribution in [-0.4, -0.2) is 25.9 Å². The molecule has 1 aliphatic rings. The second-order valence-corrected chi connectivity index (χ2v) is 4.99. The topological polar surface area (TPSA) is 30.5 Å². The smallest absolute Gasteiger partial charge is 0.131 e. The number of benzene rings is 1. The number of halogens is 1. The molecule has 3 nitrogen and oxygen atoms in total. The molecule has 1 saturated heterocycles. The van der Waals surface area contributed by atoms with Gasteiger partial charge in [-0.3, -0.25) is 0 Å². The van der Waals surface area contributed by atoms with Gasteiger partial charge in [-0.05, 0) is 32.4 Å². The van der Waals surface area contributed by atoms with E-state index in [1.807, 2.05) is 6.92 Å². The van der Waals surface area contributed by atoms with E-state index in [1.54, 1.807) is 12.1 Å². The van der Waals surface area contributed by atoms with Gasteiger partial charge < -0.3 is 14.8 Å². The fourth-order valence-corrected chi connectivity index (χ4v) is 2.63. The molecular formula is C15H22FNO2. The van der Waals surface area contributed by atoms with Crippen molar-refractivity contribution in [1.82, 2.24) is 5.32 Å². The first kappa shape index (κ1) is 14.3. The first-order valence-electron chi connectivity index (χ1n) is 6.88. The monoisotopic (exact) mass is 267 g/mol. The van der Waals surface area contributed by atoms with Crippen LogP contribution in [0.3, 0.4) is 0 Å². The van der Waals surface area contributed by atoms with E-state index in [4.69, 9.17) is 9.47 Å². The Kier molecular flexibility index (Phi) is 4.77. The number of nitrogens with one attached hydrogen (secondary N) is 1. The van der Waals surface area contributed by atoms with Gasteiger partial charge in [0.1, 0.15) is 11.6 Å². The molecule has 1 N–H and O–H groups in total. The highest BCUT2D eigenvalue weighted by Crippen LogP contribution is 2.32. The molecule has 2 rings (SSSR count). The standard InChI is InChI=1S/C15H22FNO2/c1-4-17-15(14-8-5-10(2)19-14)12-7-6-11(18-3)9-13(12)16/h6-7,9-10,14-15,17H,4-5,8H2,1-3H3. The average Bonchev–Trinajstić information content (AvgIpc) is 2.83. The van der Waals surface area contributed by atoms with Crippen molar-refractivity contribution in [2.45, 2.75) is 44.9 Å². The van der Waals surface area contributed by atoms with Crippen LogP contribution in [0, 0.1) is 5.82 Å². The fourth-order valence-electron chi connectivity index (χ4n) is 2.63. The van der Waals surface area contributed by atoms with Crippen molar-refractivity contribution >= 4 is 0 Å². The van der Waals surface area contributed by atoms with Gasteiger partial charge in [-0.25, -0.2) is 4.39 Å². The van der Waals surface area contributed by atoms with Crippen LogP contribution in [0.5, 0.6) is 5.75 Å². The van der Waals surface area contributed by atoms with Gasteiger partial charge in [-0.2, -0.15) is 0 Å². The Morgan fingerprint density at radius 1 is 1.47 bits per heavy atom. The van der Waals surface area contributed by atoms with Crippen LogP contribution in [0.4, 0.5) is 4.39 Å². The van der Waals surface area contributed by atoms with Crippen LogP contribution in [-0.2, 0) is 4.74 Å². The quantitative estimate of drug-likeness (QED) is 0.889. The zero-order valence-corrected chi connectivity index (χ0v) is 11.8. The van der Waals surface area contributed by atoms with Crippen molar-refractivity contribution in [3.63, 3.8) is 0 Å². The lowest BCUT2D eigenvalue weighted by Gasteiger charge is -2.25. The summed E-state index contributed by atoms with van der Waals surface area (Å²) in [6.07, 6.45) is 2.29. The molecule has 4 heteroatoms. The summed E-state index contributed by atoms with van der Waals surface area (Å²) in [6.45, 7) is 4.87. The molecule has 0 bridgehead atoms. The molecule has 19 heavy (non-hydrogen) atoms. The number of hydrogen-bond acceptors (Lipinski definition) is 3. The minimum absolute atomic E-state index is 0.0397. The van der Waals surface area contributed by atoms with Gasteiger partial charge in [-0.1, -0.05) is 13.0 Å². The molecule has 0 aliphatic carbocycles. The molecule has 1 aliphatic heterocycles. The molecule has 0 saturated carbocycles. The third-order valence-corrected chi connectivity index (χ3v) is 3.60. The summed E-state index contributed by atoms with van der Waals surface area (Å²) >= 11 is 0. The number of hydrogen-bond donors (Lipinski definition) is 1. The lowest BCUT2D eigenvalue weighted by Crippen LogP contribution is -2.32. The molecule has 3 atom stereocenters. The molecular weight excluding hydrogens is 245 g/mol. The van der Waals surface area contributed by atoms with Gasteiger partial charge in [0.25, 0.3) is 0 Å². The van der Waals surface area contributed by atoms with E-state index in [0.29, 0.717) is 11.3 Å². The number of ether oxygens (including phenoxy) is 2. The molecule has 0 aromatic heterocycles. The fraction of sp³-hybridized carbons (Fsp3) is 0.600. The van der Waals surface area contributed by atoms with Crippen LogP contribution >= 0.6 is 0 Å². The Labute approximate surface area is 114 Å². The molecule has 1 heterocycles. The summed E-state index contributed by atoms with van der Waals surface area (Å²) in [5.41, 5.74) is 0.654. The van der Waals surface area contributed by atoms with Gasteiger partial charge >= 0.3 is 0 Å². The summed E-state index contributed by atoms with van der Waals surface area (Å²) in [5, 5.41) is 3.33. The summed E-state index contributed by atoms with van der Waals surface area (Å²) in [7, 11) is 1.54. The van der Waals surface area contributed by atoms with Crippen LogP contribution in [0.15, 0.2) is 18.2 Å². The molecule has 0 radical (unpaired) electrons. The van der Waals surface area contributed by atoms with E-state index < -0.39 is 0 Å². The van der Waals surface area contributed by atoms with Crippen LogP contribution in [0.25, 0.3) is 0 Å². The molecule has 0 spiro atoms. The zero-order valence-electron chi connectivity index (χ0n) is 11.8. The summed E-state index contributed by atoms with van der Waals surface area (Å²) < 4.78 is 25.1. The first-order valence-corrected chi connectivity index (χ1v) is 6.88. The summed E-state index contributed by atoms with van der Waals surface area (Å²) in [4.78, 5) is 0. The third-order valence-electron chi connectivity index (χ3n) is 3.60. The van der Waals surface area contributed by atoms with Gasteiger partial charge in [-0.15, -0.1) is 0 Å². The van der Waals surface area contributed by atoms with Crippen molar-refractivity contribution in [3.8, 4) is 5.75 Å². The maximum Gasteiger partial charge on any atom is 0.131 e. The van der Waals surface area contributed by atoms with Crippen LogP contribution in [0.2, 0.25) is 0 Å². The van der Waals surface area contributed by atoms with E-state index in [-0.39, 0.29) is 24.1 Å². The predicted octanol–water partition coefficient (Wildman–Crippen LogP) is 3.05. The summed E-state index contributed by atoms with van der Waals surface area (Å²) in [5.74, 6) is 0.297. The van der Waals surface area contributed by atoms with Crippen LogP contribution < -0.4 is 10.1 Å². The van der Waals surface area contributed by atoms with E-state index in [9.17, 15) is 4.39 Å². The SMILES string of the molecule is CCNC(c1ccc(OC)cc1F)C1CCC(C)O1. The van der Waals surface area contributed by atoms with E-state index >= 15 is 0 Å². The van der Waals surface area contributed by atoms with Crippen molar-refractivity contribution in [3.05, 3.63) is 29.6 Å². The Hall–Kier alpha value is -1.13. The Bertz CT molecular complexity index is 425. The second-order valence-electron chi connectivity index (χ2n) is 4.99. The minimum atomic E-state index is -0.242. The highest BCUT2D eigenvalue weighted by atomic mass is 19.1. The van der Waals surface area contributed by atoms with Crippen molar-refractivity contribution < 1.29 is 13.9 Å². The maximum absolute atomic E-state index is 14.2. The minimum Gasteiger partial charge on any atom is -0.497 e. The summed E-state index contributed by atoms with van der Waals surface area (Å²) in [6, 6.07) is 4.91. The van der Waals surface area contributed by atoms with Gasteiger partial charge in [0, 0.05) is 11.6 Å².